The predicted octanol–water partition coefficient (Wildman–Crippen LogP) is 4.41. The summed E-state index contributed by atoms with van der Waals surface area (Å²) in [6.07, 6.45) is 3.54. The van der Waals surface area contributed by atoms with E-state index in [1.54, 1.807) is 30.1 Å². The van der Waals surface area contributed by atoms with Gasteiger partial charge in [0, 0.05) is 36.9 Å². The second-order valence-electron chi connectivity index (χ2n) is 10.3. The molecule has 3 atom stereocenters. The Kier molecular flexibility index (Phi) is 4.64. The standard InChI is InChI=1S/C29H25FN6O/c1-18-12-26-20(14-31-36(26)22-10-8-21(30)9-11-22)13-23(18)29-17-35(28(37)25-16-34(2)33-32-25)15-24(29)27(29)19-6-4-3-5-7-19/h3-14,16,24,27H,15,17H2,1-2H3/t24-,27-,29+/m0/s1. The van der Waals surface area contributed by atoms with Gasteiger partial charge in [0.25, 0.3) is 5.91 Å². The fraction of sp³-hybridized carbons (Fsp3) is 0.241. The number of piperidine rings is 1. The highest BCUT2D eigenvalue weighted by molar-refractivity contribution is 5.93. The van der Waals surface area contributed by atoms with Crippen LogP contribution in [0, 0.1) is 18.7 Å². The maximum absolute atomic E-state index is 13.5. The molecule has 7 rings (SSSR count). The summed E-state index contributed by atoms with van der Waals surface area (Å²) < 4.78 is 16.9. The fourth-order valence-corrected chi connectivity index (χ4v) is 6.49. The third-order valence-electron chi connectivity index (χ3n) is 8.13. The lowest BCUT2D eigenvalue weighted by molar-refractivity contribution is 0.0763. The van der Waals surface area contributed by atoms with Crippen LogP contribution in [0.5, 0.6) is 0 Å². The number of hydrogen-bond donors (Lipinski definition) is 0. The maximum atomic E-state index is 13.5. The summed E-state index contributed by atoms with van der Waals surface area (Å²) in [4.78, 5) is 15.2. The Balaban J connectivity index is 1.31. The molecule has 7 nitrogen and oxygen atoms in total. The van der Waals surface area contributed by atoms with Crippen LogP contribution in [0.1, 0.15) is 33.1 Å². The van der Waals surface area contributed by atoms with E-state index < -0.39 is 0 Å². The number of carbonyl (C=O) groups excluding carboxylic acids is 1. The van der Waals surface area contributed by atoms with Gasteiger partial charge in [-0.15, -0.1) is 5.10 Å². The molecule has 1 aliphatic carbocycles. The minimum Gasteiger partial charge on any atom is -0.336 e. The van der Waals surface area contributed by atoms with Crippen LogP contribution < -0.4 is 0 Å². The molecule has 184 valence electrons. The van der Waals surface area contributed by atoms with E-state index in [9.17, 15) is 9.18 Å². The minimum absolute atomic E-state index is 0.0747. The number of hydrogen-bond acceptors (Lipinski definition) is 4. The number of halogens is 1. The number of aromatic nitrogens is 5. The van der Waals surface area contributed by atoms with Crippen LogP contribution in [0.15, 0.2) is 79.1 Å². The summed E-state index contributed by atoms with van der Waals surface area (Å²) in [6, 6.07) is 21.4. The van der Waals surface area contributed by atoms with E-state index in [-0.39, 0.29) is 17.1 Å². The molecule has 37 heavy (non-hydrogen) atoms. The average molecular weight is 493 g/mol. The molecule has 1 amide bonds. The highest BCUT2D eigenvalue weighted by Gasteiger charge is 2.71. The van der Waals surface area contributed by atoms with Crippen molar-refractivity contribution >= 4 is 16.8 Å². The van der Waals surface area contributed by atoms with Crippen molar-refractivity contribution in [3.8, 4) is 5.69 Å². The fourth-order valence-electron chi connectivity index (χ4n) is 6.49. The van der Waals surface area contributed by atoms with E-state index >= 15 is 0 Å². The van der Waals surface area contributed by atoms with Gasteiger partial charge in [-0.2, -0.15) is 5.10 Å². The van der Waals surface area contributed by atoms with E-state index in [1.165, 1.54) is 23.3 Å². The van der Waals surface area contributed by atoms with Gasteiger partial charge in [-0.1, -0.05) is 35.5 Å². The van der Waals surface area contributed by atoms with Gasteiger partial charge in [-0.25, -0.2) is 9.07 Å². The van der Waals surface area contributed by atoms with E-state index in [0.29, 0.717) is 30.6 Å². The van der Waals surface area contributed by atoms with Gasteiger partial charge in [0.05, 0.1) is 23.6 Å². The van der Waals surface area contributed by atoms with Crippen LogP contribution in [0.4, 0.5) is 4.39 Å². The van der Waals surface area contributed by atoms with Crippen molar-refractivity contribution in [1.29, 1.82) is 0 Å². The predicted molar refractivity (Wildman–Crippen MR) is 137 cm³/mol. The van der Waals surface area contributed by atoms with Gasteiger partial charge >= 0.3 is 0 Å². The highest BCUT2D eigenvalue weighted by atomic mass is 19.1. The van der Waals surface area contributed by atoms with Crippen LogP contribution in [-0.2, 0) is 12.5 Å². The molecule has 3 heterocycles. The van der Waals surface area contributed by atoms with E-state index in [0.717, 1.165) is 22.2 Å². The van der Waals surface area contributed by atoms with Crippen LogP contribution in [0.2, 0.25) is 0 Å². The van der Waals surface area contributed by atoms with Crippen molar-refractivity contribution in [2.24, 2.45) is 13.0 Å². The quantitative estimate of drug-likeness (QED) is 0.373. The normalized spacial score (nSPS) is 22.4. The van der Waals surface area contributed by atoms with Crippen molar-refractivity contribution in [2.75, 3.05) is 13.1 Å². The van der Waals surface area contributed by atoms with Gasteiger partial charge in [-0.3, -0.25) is 9.48 Å². The summed E-state index contributed by atoms with van der Waals surface area (Å²) in [5.41, 5.74) is 5.72. The van der Waals surface area contributed by atoms with Crippen LogP contribution in [0.25, 0.3) is 16.6 Å². The number of benzene rings is 3. The van der Waals surface area contributed by atoms with Gasteiger partial charge < -0.3 is 4.90 Å². The monoisotopic (exact) mass is 492 g/mol. The smallest absolute Gasteiger partial charge is 0.276 e. The maximum Gasteiger partial charge on any atom is 0.276 e. The zero-order valence-electron chi connectivity index (χ0n) is 20.5. The summed E-state index contributed by atoms with van der Waals surface area (Å²) in [5, 5.41) is 13.6. The van der Waals surface area contributed by atoms with Crippen molar-refractivity contribution in [3.63, 3.8) is 0 Å². The van der Waals surface area contributed by atoms with Crippen molar-refractivity contribution in [2.45, 2.75) is 18.3 Å². The first-order valence-electron chi connectivity index (χ1n) is 12.4. The average Bonchev–Trinajstić information content (AvgIpc) is 3.32. The third kappa shape index (κ3) is 3.25. The first kappa shape index (κ1) is 21.9. The first-order chi connectivity index (χ1) is 18.0. The molecular formula is C29H25FN6O. The lowest BCUT2D eigenvalue weighted by Gasteiger charge is -2.25. The number of rotatable bonds is 4. The summed E-state index contributed by atoms with van der Waals surface area (Å²) >= 11 is 0. The SMILES string of the molecule is Cc1cc2c(cnn2-c2ccc(F)cc2)cc1[C@]12CN(C(=O)c3cn(C)nn3)C[C@H]1[C@@H]2c1ccccc1. The molecule has 0 bridgehead atoms. The van der Waals surface area contributed by atoms with Gasteiger partial charge in [0.15, 0.2) is 5.69 Å². The Hall–Kier alpha value is -4.33. The lowest BCUT2D eigenvalue weighted by Crippen LogP contribution is -2.34. The first-order valence-corrected chi connectivity index (χ1v) is 12.4. The van der Waals surface area contributed by atoms with Gasteiger partial charge in [0.2, 0.25) is 0 Å². The van der Waals surface area contributed by atoms with Crippen LogP contribution >= 0.6 is 0 Å². The topological polar surface area (TPSA) is 68.8 Å². The van der Waals surface area contributed by atoms with E-state index in [1.807, 2.05) is 21.8 Å². The number of carbonyl (C=O) groups is 1. The third-order valence-corrected chi connectivity index (χ3v) is 8.13. The minimum atomic E-state index is -0.272. The molecule has 0 spiro atoms. The number of aryl methyl sites for hydroxylation is 2. The molecular weight excluding hydrogens is 467 g/mol. The van der Waals surface area contributed by atoms with Crippen molar-refractivity contribution in [1.82, 2.24) is 29.7 Å². The molecule has 1 saturated carbocycles. The molecule has 2 aromatic heterocycles. The molecule has 8 heteroatoms. The van der Waals surface area contributed by atoms with E-state index in [2.05, 4.69) is 58.7 Å². The van der Waals surface area contributed by atoms with E-state index in [4.69, 9.17) is 0 Å². The van der Waals surface area contributed by atoms with Crippen LogP contribution in [-0.4, -0.2) is 48.7 Å². The van der Waals surface area contributed by atoms with Gasteiger partial charge in [-0.05, 0) is 65.9 Å². The lowest BCUT2D eigenvalue weighted by atomic mass is 9.86. The molecule has 1 aliphatic heterocycles. The molecule has 0 N–H and O–H groups in total. The van der Waals surface area contributed by atoms with Crippen molar-refractivity contribution < 1.29 is 9.18 Å². The van der Waals surface area contributed by atoms with Gasteiger partial charge in [0.1, 0.15) is 5.82 Å². The Morgan fingerprint density at radius 2 is 1.86 bits per heavy atom. The second-order valence-corrected chi connectivity index (χ2v) is 10.3. The van der Waals surface area contributed by atoms with Crippen LogP contribution in [0.3, 0.4) is 0 Å². The zero-order valence-corrected chi connectivity index (χ0v) is 20.5. The Morgan fingerprint density at radius 3 is 2.59 bits per heavy atom. The zero-order chi connectivity index (χ0) is 25.3. The summed E-state index contributed by atoms with van der Waals surface area (Å²) in [7, 11) is 1.77. The number of nitrogens with zero attached hydrogens (tertiary/aromatic N) is 6. The second kappa shape index (κ2) is 7.83. The molecule has 2 fully saturated rings. The molecule has 3 aromatic carbocycles. The number of likely N-dealkylation sites (tertiary alicyclic amines) is 1. The molecule has 0 radical (unpaired) electrons. The Morgan fingerprint density at radius 1 is 1.08 bits per heavy atom. The largest absolute Gasteiger partial charge is 0.336 e. The Labute approximate surface area is 213 Å². The Bertz CT molecular complexity index is 1660. The molecule has 0 unspecified atom stereocenters. The molecule has 5 aromatic rings. The summed E-state index contributed by atoms with van der Waals surface area (Å²) in [5.74, 6) is 0.308. The summed E-state index contributed by atoms with van der Waals surface area (Å²) in [6.45, 7) is 3.45. The molecule has 2 aliphatic rings. The highest BCUT2D eigenvalue weighted by Crippen LogP contribution is 2.69. The molecule has 1 saturated heterocycles. The number of fused-ring (bicyclic) bond motifs is 2. The van der Waals surface area contributed by atoms with Crippen molar-refractivity contribution in [3.05, 3.63) is 107 Å². The number of amides is 1.